The third kappa shape index (κ3) is 5.05. The maximum absolute atomic E-state index is 13.0. The van der Waals surface area contributed by atoms with Crippen LogP contribution in [-0.4, -0.2) is 46.4 Å². The minimum Gasteiger partial charge on any atom is -0.497 e. The van der Waals surface area contributed by atoms with Crippen LogP contribution in [-0.2, 0) is 15.4 Å². The zero-order valence-corrected chi connectivity index (χ0v) is 19.7. The maximum Gasteiger partial charge on any atom is 0.252 e. The number of methoxy groups -OCH3 is 1. The van der Waals surface area contributed by atoms with Gasteiger partial charge < -0.3 is 10.1 Å². The first-order valence-electron chi connectivity index (χ1n) is 10.3. The molecule has 8 heteroatoms. The Labute approximate surface area is 189 Å². The molecule has 0 heterocycles. The van der Waals surface area contributed by atoms with E-state index in [0.29, 0.717) is 6.54 Å². The molecule has 2 aromatic rings. The second-order valence-corrected chi connectivity index (χ2v) is 10.7. The van der Waals surface area contributed by atoms with Crippen molar-refractivity contribution in [2.45, 2.75) is 42.4 Å². The van der Waals surface area contributed by atoms with Crippen LogP contribution >= 0.6 is 11.6 Å². The SMILES string of the molecule is COc1ccc(C2(CNC(=O)c3cc(S(=O)(=O)N(C)C)ccc3Cl)CCCCC2)cc1. The lowest BCUT2D eigenvalue weighted by Gasteiger charge is -2.38. The summed E-state index contributed by atoms with van der Waals surface area (Å²) in [7, 11) is 0.874. The van der Waals surface area contributed by atoms with Gasteiger partial charge in [-0.3, -0.25) is 4.79 Å². The van der Waals surface area contributed by atoms with Crippen molar-refractivity contribution in [3.63, 3.8) is 0 Å². The first-order valence-corrected chi connectivity index (χ1v) is 12.2. The quantitative estimate of drug-likeness (QED) is 0.665. The van der Waals surface area contributed by atoms with Crippen LogP contribution in [0.2, 0.25) is 5.02 Å². The Morgan fingerprint density at radius 3 is 2.32 bits per heavy atom. The second kappa shape index (κ2) is 9.59. The number of rotatable bonds is 7. The van der Waals surface area contributed by atoms with Crippen LogP contribution in [0.3, 0.4) is 0 Å². The third-order valence-corrected chi connectivity index (χ3v) is 8.20. The number of carbonyl (C=O) groups excluding carboxylic acids is 1. The molecule has 0 saturated heterocycles. The molecule has 0 atom stereocenters. The van der Waals surface area contributed by atoms with Crippen LogP contribution in [0.5, 0.6) is 5.75 Å². The van der Waals surface area contributed by atoms with Gasteiger partial charge in [-0.2, -0.15) is 0 Å². The van der Waals surface area contributed by atoms with E-state index in [2.05, 4.69) is 17.4 Å². The summed E-state index contributed by atoms with van der Waals surface area (Å²) in [5, 5.41) is 3.24. The summed E-state index contributed by atoms with van der Waals surface area (Å²) in [5.74, 6) is 0.420. The summed E-state index contributed by atoms with van der Waals surface area (Å²) in [5.41, 5.74) is 1.16. The van der Waals surface area contributed by atoms with E-state index < -0.39 is 10.0 Å². The van der Waals surface area contributed by atoms with Gasteiger partial charge in [-0.1, -0.05) is 43.0 Å². The van der Waals surface area contributed by atoms with Gasteiger partial charge in [0.2, 0.25) is 10.0 Å². The lowest BCUT2D eigenvalue weighted by Crippen LogP contribution is -2.42. The van der Waals surface area contributed by atoms with Gasteiger partial charge in [-0.05, 0) is 48.7 Å². The van der Waals surface area contributed by atoms with E-state index in [4.69, 9.17) is 16.3 Å². The summed E-state index contributed by atoms with van der Waals surface area (Å²) in [6.07, 6.45) is 5.32. The monoisotopic (exact) mass is 464 g/mol. The van der Waals surface area contributed by atoms with Crippen LogP contribution in [0.1, 0.15) is 48.0 Å². The largest absolute Gasteiger partial charge is 0.497 e. The van der Waals surface area contributed by atoms with E-state index in [-0.39, 0.29) is 26.8 Å². The first kappa shape index (κ1) is 23.6. The molecule has 1 fully saturated rings. The van der Waals surface area contributed by atoms with Crippen molar-refractivity contribution < 1.29 is 17.9 Å². The highest BCUT2D eigenvalue weighted by atomic mass is 35.5. The number of nitrogens with zero attached hydrogens (tertiary/aromatic N) is 1. The molecule has 2 aromatic carbocycles. The van der Waals surface area contributed by atoms with Gasteiger partial charge >= 0.3 is 0 Å². The molecule has 0 aliphatic heterocycles. The van der Waals surface area contributed by atoms with Crippen molar-refractivity contribution in [3.05, 3.63) is 58.6 Å². The summed E-state index contributed by atoms with van der Waals surface area (Å²) in [4.78, 5) is 13.0. The molecular weight excluding hydrogens is 436 g/mol. The number of benzene rings is 2. The van der Waals surface area contributed by atoms with Gasteiger partial charge in [0.05, 0.1) is 22.6 Å². The van der Waals surface area contributed by atoms with E-state index in [9.17, 15) is 13.2 Å². The van der Waals surface area contributed by atoms with Crippen molar-refractivity contribution in [1.82, 2.24) is 9.62 Å². The molecule has 168 valence electrons. The normalized spacial score (nSPS) is 16.2. The van der Waals surface area contributed by atoms with Crippen molar-refractivity contribution in [3.8, 4) is 5.75 Å². The number of halogens is 1. The smallest absolute Gasteiger partial charge is 0.252 e. The highest BCUT2D eigenvalue weighted by molar-refractivity contribution is 7.89. The van der Waals surface area contributed by atoms with E-state index in [0.717, 1.165) is 35.7 Å². The predicted octanol–water partition coefficient (Wildman–Crippen LogP) is 4.23. The van der Waals surface area contributed by atoms with E-state index in [1.165, 1.54) is 44.3 Å². The topological polar surface area (TPSA) is 75.7 Å². The fraction of sp³-hybridized carbons (Fsp3) is 0.435. The van der Waals surface area contributed by atoms with E-state index in [1.54, 1.807) is 7.11 Å². The second-order valence-electron chi connectivity index (χ2n) is 8.18. The molecule has 1 aliphatic carbocycles. The molecule has 0 radical (unpaired) electrons. The third-order valence-electron chi connectivity index (χ3n) is 6.06. The van der Waals surface area contributed by atoms with Gasteiger partial charge in [0, 0.05) is 26.1 Å². The summed E-state index contributed by atoms with van der Waals surface area (Å²) >= 11 is 6.24. The van der Waals surface area contributed by atoms with Crippen LogP contribution in [0.25, 0.3) is 0 Å². The Morgan fingerprint density at radius 1 is 1.10 bits per heavy atom. The number of nitrogens with one attached hydrogen (secondary N) is 1. The fourth-order valence-corrected chi connectivity index (χ4v) is 5.27. The van der Waals surface area contributed by atoms with Gasteiger partial charge in [0.15, 0.2) is 0 Å². The molecule has 1 N–H and O–H groups in total. The van der Waals surface area contributed by atoms with E-state index >= 15 is 0 Å². The van der Waals surface area contributed by atoms with Crippen molar-refractivity contribution >= 4 is 27.5 Å². The number of hydrogen-bond donors (Lipinski definition) is 1. The Kier molecular flexibility index (Phi) is 7.29. The molecule has 0 bridgehead atoms. The van der Waals surface area contributed by atoms with Crippen molar-refractivity contribution in [2.24, 2.45) is 0 Å². The maximum atomic E-state index is 13.0. The van der Waals surface area contributed by atoms with Crippen LogP contribution in [0, 0.1) is 0 Å². The number of carbonyl (C=O) groups is 1. The molecule has 6 nitrogen and oxygen atoms in total. The Morgan fingerprint density at radius 2 is 1.74 bits per heavy atom. The Balaban J connectivity index is 1.85. The average Bonchev–Trinajstić information content (AvgIpc) is 2.78. The molecule has 0 unspecified atom stereocenters. The molecule has 0 aromatic heterocycles. The number of amides is 1. The summed E-state index contributed by atoms with van der Waals surface area (Å²) in [6.45, 7) is 0.457. The molecule has 1 amide bonds. The number of sulfonamides is 1. The van der Waals surface area contributed by atoms with Crippen molar-refractivity contribution in [1.29, 1.82) is 0 Å². The molecule has 31 heavy (non-hydrogen) atoms. The summed E-state index contributed by atoms with van der Waals surface area (Å²) < 4.78 is 31.3. The van der Waals surface area contributed by atoms with Crippen LogP contribution in [0.4, 0.5) is 0 Å². The average molecular weight is 465 g/mol. The standard InChI is InChI=1S/C23H29ClN2O4S/c1-26(2)31(28,29)19-11-12-21(24)20(15-19)22(27)25-16-23(13-5-4-6-14-23)17-7-9-18(30-3)10-8-17/h7-12,15H,4-6,13-14,16H2,1-3H3,(H,25,27). The van der Waals surface area contributed by atoms with E-state index in [1.807, 2.05) is 12.1 Å². The highest BCUT2D eigenvalue weighted by Gasteiger charge is 2.34. The first-order chi connectivity index (χ1) is 14.7. The van der Waals surface area contributed by atoms with Crippen LogP contribution < -0.4 is 10.1 Å². The fourth-order valence-electron chi connectivity index (χ4n) is 4.14. The zero-order chi connectivity index (χ0) is 22.6. The highest BCUT2D eigenvalue weighted by Crippen LogP contribution is 2.39. The lowest BCUT2D eigenvalue weighted by atomic mass is 9.69. The molecule has 3 rings (SSSR count). The van der Waals surface area contributed by atoms with Gasteiger partial charge in [-0.15, -0.1) is 0 Å². The minimum atomic E-state index is -3.66. The molecule has 1 saturated carbocycles. The number of hydrogen-bond acceptors (Lipinski definition) is 4. The molecule has 1 aliphatic rings. The summed E-state index contributed by atoms with van der Waals surface area (Å²) in [6, 6.07) is 12.2. The van der Waals surface area contributed by atoms with Gasteiger partial charge in [-0.25, -0.2) is 12.7 Å². The van der Waals surface area contributed by atoms with Gasteiger partial charge in [0.1, 0.15) is 5.75 Å². The van der Waals surface area contributed by atoms with Gasteiger partial charge in [0.25, 0.3) is 5.91 Å². The zero-order valence-electron chi connectivity index (χ0n) is 18.2. The Hall–Kier alpha value is -2.09. The molecular formula is C23H29ClN2O4S. The Bertz CT molecular complexity index is 1030. The lowest BCUT2D eigenvalue weighted by molar-refractivity contribution is 0.0936. The number of ether oxygens (including phenoxy) is 1. The molecule has 0 spiro atoms. The van der Waals surface area contributed by atoms with Crippen LogP contribution in [0.15, 0.2) is 47.4 Å². The van der Waals surface area contributed by atoms with Crippen molar-refractivity contribution in [2.75, 3.05) is 27.7 Å². The minimum absolute atomic E-state index is 0.0367. The predicted molar refractivity (Wildman–Crippen MR) is 122 cm³/mol.